The first-order valence-corrected chi connectivity index (χ1v) is 7.52. The van der Waals surface area contributed by atoms with Crippen LogP contribution in [0.3, 0.4) is 0 Å². The van der Waals surface area contributed by atoms with Crippen LogP contribution in [0.25, 0.3) is 0 Å². The van der Waals surface area contributed by atoms with E-state index in [1.165, 1.54) is 35.8 Å². The number of hydrogen-bond acceptors (Lipinski definition) is 3. The molecule has 0 aliphatic carbocycles. The fourth-order valence-corrected chi connectivity index (χ4v) is 3.31. The maximum absolute atomic E-state index is 3.54. The molecule has 0 bridgehead atoms. The Bertz CT molecular complexity index is 351. The van der Waals surface area contributed by atoms with E-state index in [4.69, 9.17) is 0 Å². The zero-order chi connectivity index (χ0) is 11.4. The molecule has 0 saturated carbocycles. The van der Waals surface area contributed by atoms with Crippen molar-refractivity contribution in [2.45, 2.75) is 6.54 Å². The lowest BCUT2D eigenvalue weighted by molar-refractivity contribution is 0.794. The Balaban J connectivity index is 2.23. The number of nitrogens with zero attached hydrogens (tertiary/aromatic N) is 1. The Morgan fingerprint density at radius 3 is 2.81 bits per heavy atom. The topological polar surface area (TPSA) is 15.3 Å². The lowest BCUT2D eigenvalue weighted by Gasteiger charge is -2.30. The average Bonchev–Trinajstić information content (AvgIpc) is 2.31. The molecule has 1 aliphatic heterocycles. The van der Waals surface area contributed by atoms with Crippen molar-refractivity contribution in [3.63, 3.8) is 0 Å². The van der Waals surface area contributed by atoms with Gasteiger partial charge < -0.3 is 10.2 Å². The van der Waals surface area contributed by atoms with Crippen LogP contribution in [0.2, 0.25) is 0 Å². The number of anilines is 1. The van der Waals surface area contributed by atoms with Crippen molar-refractivity contribution in [2.75, 3.05) is 36.5 Å². The number of hydrogen-bond donors (Lipinski definition) is 1. The first-order chi connectivity index (χ1) is 7.81. The molecule has 16 heavy (non-hydrogen) atoms. The summed E-state index contributed by atoms with van der Waals surface area (Å²) in [5, 5.41) is 3.24. The molecule has 1 N–H and O–H groups in total. The molecule has 1 aromatic carbocycles. The Morgan fingerprint density at radius 1 is 1.38 bits per heavy atom. The fraction of sp³-hybridized carbons (Fsp3) is 0.500. The normalized spacial score (nSPS) is 16.5. The van der Waals surface area contributed by atoms with Crippen LogP contribution in [0.15, 0.2) is 22.7 Å². The van der Waals surface area contributed by atoms with Crippen molar-refractivity contribution in [1.82, 2.24) is 5.32 Å². The highest BCUT2D eigenvalue weighted by Gasteiger charge is 2.14. The van der Waals surface area contributed by atoms with Gasteiger partial charge >= 0.3 is 0 Å². The van der Waals surface area contributed by atoms with Gasteiger partial charge in [0.05, 0.1) is 0 Å². The van der Waals surface area contributed by atoms with Crippen LogP contribution >= 0.6 is 27.7 Å². The standard InChI is InChI=1S/C12H17BrN2S/c1-14-9-10-8-11(13)2-3-12(10)15-4-6-16-7-5-15/h2-3,8,14H,4-7,9H2,1H3. The summed E-state index contributed by atoms with van der Waals surface area (Å²) in [6.45, 7) is 3.27. The van der Waals surface area contributed by atoms with Gasteiger partial charge in [0.1, 0.15) is 0 Å². The largest absolute Gasteiger partial charge is 0.370 e. The summed E-state index contributed by atoms with van der Waals surface area (Å²) in [5.41, 5.74) is 2.77. The van der Waals surface area contributed by atoms with Crippen LogP contribution in [-0.2, 0) is 6.54 Å². The van der Waals surface area contributed by atoms with Gasteiger partial charge in [-0.05, 0) is 30.8 Å². The van der Waals surface area contributed by atoms with E-state index in [-0.39, 0.29) is 0 Å². The summed E-state index contributed by atoms with van der Waals surface area (Å²) in [6.07, 6.45) is 0. The minimum Gasteiger partial charge on any atom is -0.370 e. The van der Waals surface area contributed by atoms with Gasteiger partial charge in [0.2, 0.25) is 0 Å². The van der Waals surface area contributed by atoms with E-state index < -0.39 is 0 Å². The number of halogens is 1. The van der Waals surface area contributed by atoms with Gasteiger partial charge in [-0.1, -0.05) is 15.9 Å². The molecule has 0 amide bonds. The van der Waals surface area contributed by atoms with Crippen LogP contribution in [0.5, 0.6) is 0 Å². The summed E-state index contributed by atoms with van der Waals surface area (Å²) < 4.78 is 1.16. The Labute approximate surface area is 110 Å². The third kappa shape index (κ3) is 2.93. The second-order valence-electron chi connectivity index (χ2n) is 3.90. The number of nitrogens with one attached hydrogen (secondary N) is 1. The molecule has 1 heterocycles. The molecule has 1 saturated heterocycles. The molecule has 0 spiro atoms. The van der Waals surface area contributed by atoms with Crippen molar-refractivity contribution in [1.29, 1.82) is 0 Å². The molecule has 0 unspecified atom stereocenters. The second-order valence-corrected chi connectivity index (χ2v) is 6.04. The van der Waals surface area contributed by atoms with Crippen LogP contribution in [0, 0.1) is 0 Å². The van der Waals surface area contributed by atoms with Gasteiger partial charge in [-0.25, -0.2) is 0 Å². The Hall–Kier alpha value is -0.190. The lowest BCUT2D eigenvalue weighted by atomic mass is 10.1. The van der Waals surface area contributed by atoms with Gasteiger partial charge in [0.15, 0.2) is 0 Å². The van der Waals surface area contributed by atoms with E-state index in [9.17, 15) is 0 Å². The highest BCUT2D eigenvalue weighted by molar-refractivity contribution is 9.10. The minimum absolute atomic E-state index is 0.929. The van der Waals surface area contributed by atoms with E-state index in [1.807, 2.05) is 18.8 Å². The van der Waals surface area contributed by atoms with Gasteiger partial charge in [0.25, 0.3) is 0 Å². The van der Waals surface area contributed by atoms with Crippen LogP contribution in [0.4, 0.5) is 5.69 Å². The zero-order valence-corrected chi connectivity index (χ0v) is 11.9. The van der Waals surface area contributed by atoms with Gasteiger partial charge in [0, 0.05) is 41.3 Å². The van der Waals surface area contributed by atoms with Gasteiger partial charge in [-0.2, -0.15) is 11.8 Å². The quantitative estimate of drug-likeness (QED) is 0.924. The zero-order valence-electron chi connectivity index (χ0n) is 9.50. The predicted octanol–water partition coefficient (Wildman–Crippen LogP) is 2.72. The van der Waals surface area contributed by atoms with Gasteiger partial charge in [-0.15, -0.1) is 0 Å². The van der Waals surface area contributed by atoms with Crippen LogP contribution in [0.1, 0.15) is 5.56 Å². The van der Waals surface area contributed by atoms with Crippen molar-refractivity contribution < 1.29 is 0 Å². The molecule has 1 fully saturated rings. The number of rotatable bonds is 3. The minimum atomic E-state index is 0.929. The summed E-state index contributed by atoms with van der Waals surface area (Å²) in [6, 6.07) is 6.58. The number of benzene rings is 1. The highest BCUT2D eigenvalue weighted by atomic mass is 79.9. The van der Waals surface area contributed by atoms with Crippen molar-refractivity contribution in [3.05, 3.63) is 28.2 Å². The molecule has 2 rings (SSSR count). The predicted molar refractivity (Wildman–Crippen MR) is 76.4 cm³/mol. The monoisotopic (exact) mass is 300 g/mol. The molecule has 0 radical (unpaired) electrons. The van der Waals surface area contributed by atoms with Crippen molar-refractivity contribution >= 4 is 33.4 Å². The first-order valence-electron chi connectivity index (χ1n) is 5.57. The van der Waals surface area contributed by atoms with Crippen molar-refractivity contribution in [2.24, 2.45) is 0 Å². The Morgan fingerprint density at radius 2 is 2.12 bits per heavy atom. The first kappa shape index (κ1) is 12.3. The van der Waals surface area contributed by atoms with E-state index in [1.54, 1.807) is 0 Å². The smallest absolute Gasteiger partial charge is 0.0413 e. The van der Waals surface area contributed by atoms with Crippen LogP contribution in [-0.4, -0.2) is 31.6 Å². The summed E-state index contributed by atoms with van der Waals surface area (Å²) in [5.74, 6) is 2.49. The van der Waals surface area contributed by atoms with E-state index in [0.717, 1.165) is 11.0 Å². The SMILES string of the molecule is CNCc1cc(Br)ccc1N1CCSCC1. The van der Waals surface area contributed by atoms with E-state index in [2.05, 4.69) is 44.3 Å². The van der Waals surface area contributed by atoms with Gasteiger partial charge in [-0.3, -0.25) is 0 Å². The molecule has 1 aromatic rings. The molecule has 4 heteroatoms. The maximum Gasteiger partial charge on any atom is 0.0413 e. The summed E-state index contributed by atoms with van der Waals surface area (Å²) in [4.78, 5) is 2.50. The number of thioether (sulfide) groups is 1. The fourth-order valence-electron chi connectivity index (χ4n) is 2.00. The maximum atomic E-state index is 3.54. The molecule has 88 valence electrons. The average molecular weight is 301 g/mol. The molecule has 2 nitrogen and oxygen atoms in total. The molecular weight excluding hydrogens is 284 g/mol. The second kappa shape index (κ2) is 5.94. The van der Waals surface area contributed by atoms with Crippen LogP contribution < -0.4 is 10.2 Å². The molecule has 0 aromatic heterocycles. The van der Waals surface area contributed by atoms with Crippen molar-refractivity contribution in [3.8, 4) is 0 Å². The van der Waals surface area contributed by atoms with E-state index >= 15 is 0 Å². The lowest BCUT2D eigenvalue weighted by Crippen LogP contribution is -2.33. The van der Waals surface area contributed by atoms with E-state index in [0.29, 0.717) is 0 Å². The Kier molecular flexibility index (Phi) is 4.55. The third-order valence-corrected chi connectivity index (χ3v) is 4.20. The highest BCUT2D eigenvalue weighted by Crippen LogP contribution is 2.26. The summed E-state index contributed by atoms with van der Waals surface area (Å²) in [7, 11) is 2.00. The molecule has 1 aliphatic rings. The third-order valence-electron chi connectivity index (χ3n) is 2.76. The molecular formula is C12H17BrN2S. The summed E-state index contributed by atoms with van der Waals surface area (Å²) >= 11 is 5.59. The molecule has 0 atom stereocenters.